The van der Waals surface area contributed by atoms with E-state index in [4.69, 9.17) is 9.05 Å². The van der Waals surface area contributed by atoms with Gasteiger partial charge in [0.25, 0.3) is 5.89 Å². The average molecular weight is 552 g/mol. The minimum atomic E-state index is 0. The molecule has 174 valence electrons. The normalized spacial score (nSPS) is 11.5. The predicted octanol–water partition coefficient (Wildman–Crippen LogP) is 5.06. The Labute approximate surface area is 206 Å². The maximum Gasteiger partial charge on any atom is 0.257 e. The van der Waals surface area contributed by atoms with Gasteiger partial charge in [0.1, 0.15) is 0 Å². The second kappa shape index (κ2) is 13.2. The molecule has 0 saturated carbocycles. The lowest BCUT2D eigenvalue weighted by atomic mass is 9.99. The molecule has 0 aliphatic heterocycles. The molecule has 0 saturated heterocycles. The summed E-state index contributed by atoms with van der Waals surface area (Å²) in [5.41, 5.74) is 3.02. The zero-order chi connectivity index (χ0) is 22.1. The van der Waals surface area contributed by atoms with Crippen molar-refractivity contribution >= 4 is 29.9 Å². The van der Waals surface area contributed by atoms with Crippen molar-refractivity contribution in [1.82, 2.24) is 25.9 Å². The predicted molar refractivity (Wildman–Crippen MR) is 136 cm³/mol. The van der Waals surface area contributed by atoms with E-state index in [2.05, 4.69) is 51.7 Å². The molecule has 9 heteroatoms. The Hall–Kier alpha value is -2.43. The molecule has 3 rings (SSSR count). The Morgan fingerprint density at radius 1 is 1.03 bits per heavy atom. The SMILES string of the molecule is CCCc1noc(-c2cccc(CNC(=NC)NCc3cc(C(CC)CC)no3)c2)n1.I. The van der Waals surface area contributed by atoms with E-state index in [1.807, 2.05) is 30.3 Å². The van der Waals surface area contributed by atoms with E-state index < -0.39 is 0 Å². The summed E-state index contributed by atoms with van der Waals surface area (Å²) in [6.45, 7) is 7.57. The first-order chi connectivity index (χ1) is 15.2. The van der Waals surface area contributed by atoms with Gasteiger partial charge in [0.2, 0.25) is 0 Å². The van der Waals surface area contributed by atoms with Gasteiger partial charge in [0.05, 0.1) is 12.2 Å². The third-order valence-electron chi connectivity index (χ3n) is 5.21. The number of hydrogen-bond acceptors (Lipinski definition) is 6. The standard InChI is InChI=1S/C23H32N6O2.HI/c1-5-9-21-27-22(31-29-21)18-11-8-10-16(12-18)14-25-23(24-4)26-15-19-13-20(28-30-19)17(6-2)7-3;/h8,10-13,17H,5-7,9,14-15H2,1-4H3,(H2,24,25,26);1H. The van der Waals surface area contributed by atoms with Crippen LogP contribution in [-0.2, 0) is 19.5 Å². The topological polar surface area (TPSA) is 101 Å². The number of halogens is 1. The third kappa shape index (κ3) is 7.04. The zero-order valence-corrected chi connectivity index (χ0v) is 21.6. The van der Waals surface area contributed by atoms with Crippen LogP contribution in [0.3, 0.4) is 0 Å². The first kappa shape index (κ1) is 25.8. The van der Waals surface area contributed by atoms with Crippen molar-refractivity contribution in [3.8, 4) is 11.5 Å². The van der Waals surface area contributed by atoms with Crippen LogP contribution in [0.25, 0.3) is 11.5 Å². The molecular weight excluding hydrogens is 519 g/mol. The Morgan fingerprint density at radius 3 is 2.53 bits per heavy atom. The maximum atomic E-state index is 5.47. The monoisotopic (exact) mass is 552 g/mol. The molecular formula is C23H33IN6O2. The average Bonchev–Trinajstić information content (AvgIpc) is 3.45. The summed E-state index contributed by atoms with van der Waals surface area (Å²) in [5, 5.41) is 14.8. The van der Waals surface area contributed by atoms with Crippen LogP contribution in [0.1, 0.15) is 68.8 Å². The van der Waals surface area contributed by atoms with Gasteiger partial charge in [-0.05, 0) is 37.0 Å². The second-order valence-electron chi connectivity index (χ2n) is 7.48. The lowest BCUT2D eigenvalue weighted by Gasteiger charge is -2.11. The van der Waals surface area contributed by atoms with Crippen LogP contribution in [-0.4, -0.2) is 28.3 Å². The summed E-state index contributed by atoms with van der Waals surface area (Å²) in [7, 11) is 1.75. The number of aliphatic imine (C=N–C) groups is 1. The smallest absolute Gasteiger partial charge is 0.257 e. The highest BCUT2D eigenvalue weighted by molar-refractivity contribution is 14.0. The Morgan fingerprint density at radius 2 is 1.81 bits per heavy atom. The number of aromatic nitrogens is 3. The van der Waals surface area contributed by atoms with Crippen molar-refractivity contribution in [2.75, 3.05) is 7.05 Å². The molecule has 0 radical (unpaired) electrons. The summed E-state index contributed by atoms with van der Waals surface area (Å²) in [4.78, 5) is 8.75. The van der Waals surface area contributed by atoms with E-state index in [-0.39, 0.29) is 24.0 Å². The van der Waals surface area contributed by atoms with Crippen LogP contribution in [0.2, 0.25) is 0 Å². The Kier molecular flexibility index (Phi) is 10.6. The first-order valence-corrected chi connectivity index (χ1v) is 11.0. The summed E-state index contributed by atoms with van der Waals surface area (Å²) < 4.78 is 10.9. The van der Waals surface area contributed by atoms with Crippen molar-refractivity contribution in [2.45, 2.75) is 65.5 Å². The second-order valence-corrected chi connectivity index (χ2v) is 7.48. The Bertz CT molecular complexity index is 980. The van der Waals surface area contributed by atoms with Gasteiger partial charge in [0, 0.05) is 37.6 Å². The number of guanidine groups is 1. The molecule has 0 amide bonds. The van der Waals surface area contributed by atoms with Gasteiger partial charge in [-0.3, -0.25) is 4.99 Å². The minimum absolute atomic E-state index is 0. The molecule has 1 aromatic carbocycles. The van der Waals surface area contributed by atoms with Gasteiger partial charge >= 0.3 is 0 Å². The van der Waals surface area contributed by atoms with Crippen molar-refractivity contribution < 1.29 is 9.05 Å². The fraction of sp³-hybridized carbons (Fsp3) is 0.478. The summed E-state index contributed by atoms with van der Waals surface area (Å²) >= 11 is 0. The van der Waals surface area contributed by atoms with E-state index in [0.29, 0.717) is 30.9 Å². The minimum Gasteiger partial charge on any atom is -0.359 e. The summed E-state index contributed by atoms with van der Waals surface area (Å²) in [6.07, 6.45) is 3.92. The van der Waals surface area contributed by atoms with Gasteiger partial charge < -0.3 is 19.7 Å². The highest BCUT2D eigenvalue weighted by Crippen LogP contribution is 2.22. The van der Waals surface area contributed by atoms with E-state index in [1.54, 1.807) is 7.05 Å². The fourth-order valence-corrected chi connectivity index (χ4v) is 3.40. The van der Waals surface area contributed by atoms with Gasteiger partial charge in [-0.1, -0.05) is 43.2 Å². The van der Waals surface area contributed by atoms with Gasteiger partial charge in [0.15, 0.2) is 17.5 Å². The summed E-state index contributed by atoms with van der Waals surface area (Å²) in [6, 6.07) is 10.1. The molecule has 2 aromatic heterocycles. The highest BCUT2D eigenvalue weighted by atomic mass is 127. The quantitative estimate of drug-likeness (QED) is 0.206. The van der Waals surface area contributed by atoms with Crippen molar-refractivity contribution in [3.05, 3.63) is 53.2 Å². The molecule has 3 aromatic rings. The molecule has 0 bridgehead atoms. The molecule has 0 unspecified atom stereocenters. The third-order valence-corrected chi connectivity index (χ3v) is 5.21. The van der Waals surface area contributed by atoms with E-state index >= 15 is 0 Å². The maximum absolute atomic E-state index is 5.47. The molecule has 2 N–H and O–H groups in total. The van der Waals surface area contributed by atoms with Crippen LogP contribution in [0.15, 0.2) is 44.4 Å². The number of hydrogen-bond donors (Lipinski definition) is 2. The zero-order valence-electron chi connectivity index (χ0n) is 19.2. The van der Waals surface area contributed by atoms with Crippen LogP contribution >= 0.6 is 24.0 Å². The number of aryl methyl sites for hydroxylation is 1. The van der Waals surface area contributed by atoms with E-state index in [0.717, 1.165) is 54.1 Å². The van der Waals surface area contributed by atoms with E-state index in [9.17, 15) is 0 Å². The lowest BCUT2D eigenvalue weighted by Crippen LogP contribution is -2.36. The fourth-order valence-electron chi connectivity index (χ4n) is 3.40. The molecule has 32 heavy (non-hydrogen) atoms. The van der Waals surface area contributed by atoms with Gasteiger partial charge in [-0.15, -0.1) is 24.0 Å². The molecule has 0 aliphatic rings. The number of rotatable bonds is 10. The molecule has 0 spiro atoms. The molecule has 0 atom stereocenters. The van der Waals surface area contributed by atoms with Crippen molar-refractivity contribution in [2.24, 2.45) is 4.99 Å². The van der Waals surface area contributed by atoms with Gasteiger partial charge in [-0.25, -0.2) is 0 Å². The molecule has 0 aliphatic carbocycles. The number of nitrogens with one attached hydrogen (secondary N) is 2. The van der Waals surface area contributed by atoms with E-state index in [1.165, 1.54) is 0 Å². The van der Waals surface area contributed by atoms with Crippen molar-refractivity contribution in [1.29, 1.82) is 0 Å². The van der Waals surface area contributed by atoms with Crippen LogP contribution in [0, 0.1) is 0 Å². The molecule has 8 nitrogen and oxygen atoms in total. The van der Waals surface area contributed by atoms with Gasteiger partial charge in [-0.2, -0.15) is 4.98 Å². The number of nitrogens with zero attached hydrogens (tertiary/aromatic N) is 4. The van der Waals surface area contributed by atoms with Crippen LogP contribution < -0.4 is 10.6 Å². The molecule has 2 heterocycles. The summed E-state index contributed by atoms with van der Waals surface area (Å²) in [5.74, 6) is 3.22. The molecule has 0 fully saturated rings. The lowest BCUT2D eigenvalue weighted by molar-refractivity contribution is 0.368. The van der Waals surface area contributed by atoms with Crippen LogP contribution in [0.4, 0.5) is 0 Å². The van der Waals surface area contributed by atoms with Crippen molar-refractivity contribution in [3.63, 3.8) is 0 Å². The Balaban J connectivity index is 0.00000363. The largest absolute Gasteiger partial charge is 0.359 e. The first-order valence-electron chi connectivity index (χ1n) is 11.0. The number of benzene rings is 1. The van der Waals surface area contributed by atoms with Crippen LogP contribution in [0.5, 0.6) is 0 Å². The highest BCUT2D eigenvalue weighted by Gasteiger charge is 2.13.